The molecule has 29 heavy (non-hydrogen) atoms. The Morgan fingerprint density at radius 3 is 2.31 bits per heavy atom. The van der Waals surface area contributed by atoms with Gasteiger partial charge in [0.25, 0.3) is 5.91 Å². The van der Waals surface area contributed by atoms with Crippen molar-refractivity contribution in [3.63, 3.8) is 0 Å². The number of amides is 2. The average Bonchev–Trinajstić information content (AvgIpc) is 2.73. The summed E-state index contributed by atoms with van der Waals surface area (Å²) < 4.78 is 5.12. The van der Waals surface area contributed by atoms with Crippen LogP contribution in [0.3, 0.4) is 0 Å². The summed E-state index contributed by atoms with van der Waals surface area (Å²) in [5, 5.41) is 8.64. The molecule has 0 saturated carbocycles. The number of carbonyl (C=O) groups excluding carboxylic acids is 2. The Balaban J connectivity index is 1.60. The van der Waals surface area contributed by atoms with Crippen LogP contribution in [-0.4, -0.2) is 28.9 Å². The number of aromatic nitrogens is 2. The zero-order valence-electron chi connectivity index (χ0n) is 16.1. The third-order valence-electron chi connectivity index (χ3n) is 3.99. The van der Waals surface area contributed by atoms with E-state index in [0.29, 0.717) is 18.1 Å². The van der Waals surface area contributed by atoms with Gasteiger partial charge in [-0.25, -0.2) is 9.97 Å². The summed E-state index contributed by atoms with van der Waals surface area (Å²) in [6, 6.07) is 16.2. The average molecular weight is 391 g/mol. The second-order valence-corrected chi connectivity index (χ2v) is 6.20. The van der Waals surface area contributed by atoms with Gasteiger partial charge < -0.3 is 20.7 Å². The molecule has 0 unspecified atom stereocenters. The normalized spacial score (nSPS) is 10.1. The molecule has 3 rings (SSSR count). The Kier molecular flexibility index (Phi) is 6.36. The molecule has 0 saturated heterocycles. The van der Waals surface area contributed by atoms with Crippen LogP contribution in [0.5, 0.6) is 5.75 Å². The van der Waals surface area contributed by atoms with Crippen molar-refractivity contribution < 1.29 is 14.3 Å². The molecule has 0 bridgehead atoms. The van der Waals surface area contributed by atoms with E-state index in [9.17, 15) is 9.59 Å². The van der Waals surface area contributed by atoms with Crippen LogP contribution in [0.1, 0.15) is 23.0 Å². The topological polar surface area (TPSA) is 105 Å². The Hall–Kier alpha value is -3.94. The largest absolute Gasteiger partial charge is 0.497 e. The van der Waals surface area contributed by atoms with Gasteiger partial charge in [0.2, 0.25) is 5.91 Å². The van der Waals surface area contributed by atoms with Crippen LogP contribution in [0.15, 0.2) is 60.9 Å². The van der Waals surface area contributed by atoms with Gasteiger partial charge in [0.05, 0.1) is 7.11 Å². The van der Waals surface area contributed by atoms with Crippen molar-refractivity contribution in [2.45, 2.75) is 13.5 Å². The quantitative estimate of drug-likeness (QED) is 0.572. The smallest absolute Gasteiger partial charge is 0.270 e. The van der Waals surface area contributed by atoms with Crippen molar-refractivity contribution in [1.29, 1.82) is 0 Å². The maximum absolute atomic E-state index is 12.4. The highest BCUT2D eigenvalue weighted by molar-refractivity contribution is 5.93. The zero-order valence-corrected chi connectivity index (χ0v) is 16.1. The van der Waals surface area contributed by atoms with Gasteiger partial charge in [0, 0.05) is 30.9 Å². The molecule has 3 aromatic rings. The molecule has 3 N–H and O–H groups in total. The molecule has 0 aliphatic rings. The minimum Gasteiger partial charge on any atom is -0.497 e. The summed E-state index contributed by atoms with van der Waals surface area (Å²) in [5.41, 5.74) is 2.67. The van der Waals surface area contributed by atoms with Gasteiger partial charge in [-0.05, 0) is 42.0 Å². The van der Waals surface area contributed by atoms with Crippen LogP contribution in [0, 0.1) is 0 Å². The van der Waals surface area contributed by atoms with E-state index in [1.165, 1.54) is 13.3 Å². The zero-order chi connectivity index (χ0) is 20.6. The molecule has 2 aromatic carbocycles. The first-order chi connectivity index (χ1) is 14.0. The third kappa shape index (κ3) is 5.77. The second kappa shape index (κ2) is 9.32. The molecular formula is C21H21N5O3. The highest BCUT2D eigenvalue weighted by atomic mass is 16.5. The third-order valence-corrected chi connectivity index (χ3v) is 3.99. The number of rotatable bonds is 7. The molecular weight excluding hydrogens is 370 g/mol. The first-order valence-electron chi connectivity index (χ1n) is 8.91. The maximum Gasteiger partial charge on any atom is 0.270 e. The summed E-state index contributed by atoms with van der Waals surface area (Å²) in [7, 11) is 1.61. The Morgan fingerprint density at radius 2 is 1.66 bits per heavy atom. The summed E-state index contributed by atoms with van der Waals surface area (Å²) in [6.45, 7) is 1.83. The van der Waals surface area contributed by atoms with Gasteiger partial charge in [-0.2, -0.15) is 0 Å². The van der Waals surface area contributed by atoms with Crippen LogP contribution in [0.4, 0.5) is 17.2 Å². The summed E-state index contributed by atoms with van der Waals surface area (Å²) in [5.74, 6) is 0.817. The number of carbonyl (C=O) groups is 2. The van der Waals surface area contributed by atoms with E-state index in [2.05, 4.69) is 25.9 Å². The summed E-state index contributed by atoms with van der Waals surface area (Å²) in [6.07, 6.45) is 1.33. The van der Waals surface area contributed by atoms with Crippen LogP contribution >= 0.6 is 0 Å². The molecule has 2 amide bonds. The van der Waals surface area contributed by atoms with Crippen molar-refractivity contribution in [2.75, 3.05) is 17.7 Å². The van der Waals surface area contributed by atoms with Gasteiger partial charge in [-0.3, -0.25) is 9.59 Å². The molecule has 8 heteroatoms. The number of ether oxygens (including phenoxy) is 1. The Labute approximate surface area is 168 Å². The van der Waals surface area contributed by atoms with Gasteiger partial charge in [0.15, 0.2) is 0 Å². The lowest BCUT2D eigenvalue weighted by Crippen LogP contribution is -2.24. The number of nitrogens with one attached hydrogen (secondary N) is 3. The molecule has 0 radical (unpaired) electrons. The predicted molar refractivity (Wildman–Crippen MR) is 110 cm³/mol. The van der Waals surface area contributed by atoms with E-state index in [4.69, 9.17) is 4.74 Å². The molecule has 148 valence electrons. The number of anilines is 3. The Morgan fingerprint density at radius 1 is 0.966 bits per heavy atom. The number of benzene rings is 2. The lowest BCUT2D eigenvalue weighted by Gasteiger charge is -2.09. The monoisotopic (exact) mass is 391 g/mol. The first kappa shape index (κ1) is 19.8. The van der Waals surface area contributed by atoms with Gasteiger partial charge in [-0.15, -0.1) is 0 Å². The van der Waals surface area contributed by atoms with Crippen LogP contribution in [0.2, 0.25) is 0 Å². The van der Waals surface area contributed by atoms with Crippen LogP contribution in [-0.2, 0) is 11.3 Å². The first-order valence-corrected chi connectivity index (χ1v) is 8.91. The van der Waals surface area contributed by atoms with Gasteiger partial charge in [0.1, 0.15) is 23.6 Å². The van der Waals surface area contributed by atoms with E-state index in [1.807, 2.05) is 24.3 Å². The van der Waals surface area contributed by atoms with Crippen molar-refractivity contribution in [3.05, 3.63) is 72.2 Å². The number of nitrogens with zero attached hydrogens (tertiary/aromatic N) is 2. The van der Waals surface area contributed by atoms with Gasteiger partial charge in [-0.1, -0.05) is 12.1 Å². The molecule has 0 aliphatic heterocycles. The van der Waals surface area contributed by atoms with Crippen molar-refractivity contribution >= 4 is 29.0 Å². The fraction of sp³-hybridized carbons (Fsp3) is 0.143. The van der Waals surface area contributed by atoms with E-state index in [-0.39, 0.29) is 17.5 Å². The molecule has 0 fully saturated rings. The minimum absolute atomic E-state index is 0.133. The maximum atomic E-state index is 12.4. The van der Waals surface area contributed by atoms with Crippen LogP contribution < -0.4 is 20.7 Å². The van der Waals surface area contributed by atoms with Crippen LogP contribution in [0.25, 0.3) is 0 Å². The predicted octanol–water partition coefficient (Wildman–Crippen LogP) is 3.12. The minimum atomic E-state index is -0.299. The second-order valence-electron chi connectivity index (χ2n) is 6.20. The highest BCUT2D eigenvalue weighted by Crippen LogP contribution is 2.18. The summed E-state index contributed by atoms with van der Waals surface area (Å²) >= 11 is 0. The Bertz CT molecular complexity index is 988. The highest BCUT2D eigenvalue weighted by Gasteiger charge is 2.09. The molecule has 1 aromatic heterocycles. The molecule has 0 spiro atoms. The van der Waals surface area contributed by atoms with E-state index >= 15 is 0 Å². The fourth-order valence-corrected chi connectivity index (χ4v) is 2.55. The van der Waals surface area contributed by atoms with E-state index in [1.54, 1.807) is 37.4 Å². The van der Waals surface area contributed by atoms with Crippen molar-refractivity contribution in [2.24, 2.45) is 0 Å². The van der Waals surface area contributed by atoms with Gasteiger partial charge >= 0.3 is 0 Å². The number of hydrogen-bond donors (Lipinski definition) is 3. The lowest BCUT2D eigenvalue weighted by molar-refractivity contribution is -0.114. The van der Waals surface area contributed by atoms with E-state index < -0.39 is 0 Å². The van der Waals surface area contributed by atoms with Crippen molar-refractivity contribution in [1.82, 2.24) is 15.3 Å². The SMILES string of the molecule is COc1ccc(CNC(=O)c2cc(Nc3ccc(NC(C)=O)cc3)ncn2)cc1. The number of hydrogen-bond acceptors (Lipinski definition) is 6. The van der Waals surface area contributed by atoms with Crippen molar-refractivity contribution in [3.8, 4) is 5.75 Å². The fourth-order valence-electron chi connectivity index (χ4n) is 2.55. The number of methoxy groups -OCH3 is 1. The summed E-state index contributed by atoms with van der Waals surface area (Å²) in [4.78, 5) is 31.7. The molecule has 1 heterocycles. The molecule has 0 atom stereocenters. The molecule has 0 aliphatic carbocycles. The van der Waals surface area contributed by atoms with E-state index in [0.717, 1.165) is 17.0 Å². The molecule has 8 nitrogen and oxygen atoms in total. The standard InChI is InChI=1S/C21H21N5O3/c1-14(27)25-16-5-7-17(8-6-16)26-20-11-19(23-13-24-20)21(28)22-12-15-3-9-18(29-2)10-4-15/h3-11,13H,12H2,1-2H3,(H,22,28)(H,25,27)(H,23,24,26). The lowest BCUT2D eigenvalue weighted by atomic mass is 10.2.